The molecular formula is C15H18FN3O2. The number of rotatable bonds is 5. The zero-order valence-electron chi connectivity index (χ0n) is 12.2. The molecule has 3 N–H and O–H groups in total. The maximum absolute atomic E-state index is 13.8. The fraction of sp³-hybridized carbons (Fsp3) is 0.267. The summed E-state index contributed by atoms with van der Waals surface area (Å²) in [5.41, 5.74) is 6.49. The Morgan fingerprint density at radius 1 is 1.24 bits per heavy atom. The van der Waals surface area contributed by atoms with Crippen LogP contribution in [0.4, 0.5) is 21.6 Å². The van der Waals surface area contributed by atoms with Crippen LogP contribution in [0.5, 0.6) is 11.6 Å². The second kappa shape index (κ2) is 6.30. The van der Waals surface area contributed by atoms with Crippen LogP contribution >= 0.6 is 0 Å². The number of hydrogen-bond acceptors (Lipinski definition) is 5. The fourth-order valence-electron chi connectivity index (χ4n) is 1.70. The summed E-state index contributed by atoms with van der Waals surface area (Å²) >= 11 is 0. The number of nitrogens with one attached hydrogen (secondary N) is 1. The second-order valence-electron chi connectivity index (χ2n) is 4.73. The lowest BCUT2D eigenvalue weighted by atomic mass is 10.2. The summed E-state index contributed by atoms with van der Waals surface area (Å²) in [6.45, 7) is 3.76. The van der Waals surface area contributed by atoms with Crippen LogP contribution in [0.3, 0.4) is 0 Å². The van der Waals surface area contributed by atoms with Crippen LogP contribution in [0.2, 0.25) is 0 Å². The Balaban J connectivity index is 2.27. The molecule has 1 heterocycles. The van der Waals surface area contributed by atoms with Gasteiger partial charge in [0.05, 0.1) is 24.6 Å². The van der Waals surface area contributed by atoms with Crippen LogP contribution in [-0.2, 0) is 0 Å². The van der Waals surface area contributed by atoms with E-state index in [4.69, 9.17) is 15.2 Å². The number of nitrogen functional groups attached to an aromatic ring is 1. The van der Waals surface area contributed by atoms with Gasteiger partial charge in [-0.25, -0.2) is 4.39 Å². The van der Waals surface area contributed by atoms with Crippen molar-refractivity contribution in [3.63, 3.8) is 0 Å². The van der Waals surface area contributed by atoms with E-state index in [1.807, 2.05) is 13.8 Å². The number of nitrogens with two attached hydrogens (primary N) is 1. The number of nitrogens with zero attached hydrogens (tertiary/aromatic N) is 1. The van der Waals surface area contributed by atoms with Crippen LogP contribution in [0.1, 0.15) is 13.8 Å². The number of pyridine rings is 1. The van der Waals surface area contributed by atoms with E-state index < -0.39 is 5.82 Å². The quantitative estimate of drug-likeness (QED) is 0.884. The van der Waals surface area contributed by atoms with Crippen molar-refractivity contribution in [1.29, 1.82) is 0 Å². The third-order valence-electron chi connectivity index (χ3n) is 2.67. The molecule has 0 aliphatic rings. The van der Waals surface area contributed by atoms with Gasteiger partial charge < -0.3 is 20.5 Å². The average Bonchev–Trinajstić information content (AvgIpc) is 2.44. The van der Waals surface area contributed by atoms with E-state index in [0.717, 1.165) is 0 Å². The molecule has 0 unspecified atom stereocenters. The molecule has 112 valence electrons. The van der Waals surface area contributed by atoms with Gasteiger partial charge in [-0.2, -0.15) is 4.98 Å². The maximum atomic E-state index is 13.8. The Labute approximate surface area is 122 Å². The van der Waals surface area contributed by atoms with Gasteiger partial charge in [-0.1, -0.05) is 0 Å². The number of hydrogen-bond donors (Lipinski definition) is 2. The molecule has 0 fully saturated rings. The third kappa shape index (κ3) is 3.75. The highest BCUT2D eigenvalue weighted by Crippen LogP contribution is 2.27. The van der Waals surface area contributed by atoms with Crippen LogP contribution in [0.25, 0.3) is 0 Å². The number of ether oxygens (including phenoxy) is 2. The molecule has 5 nitrogen and oxygen atoms in total. The largest absolute Gasteiger partial charge is 0.497 e. The molecule has 1 aromatic heterocycles. The molecule has 6 heteroatoms. The Bertz CT molecular complexity index is 632. The SMILES string of the molecule is COc1ccc(F)c(Nc2ccc(N)c(OC(C)C)n2)c1. The fourth-order valence-corrected chi connectivity index (χ4v) is 1.70. The highest BCUT2D eigenvalue weighted by Gasteiger charge is 2.09. The van der Waals surface area contributed by atoms with Gasteiger partial charge in [-0.05, 0) is 38.1 Å². The summed E-state index contributed by atoms with van der Waals surface area (Å²) in [5.74, 6) is 0.902. The van der Waals surface area contributed by atoms with Gasteiger partial charge in [-0.3, -0.25) is 0 Å². The number of aromatic nitrogens is 1. The Hall–Kier alpha value is -2.50. The van der Waals surface area contributed by atoms with Gasteiger partial charge in [0, 0.05) is 6.07 Å². The zero-order valence-corrected chi connectivity index (χ0v) is 12.2. The number of benzene rings is 1. The first-order chi connectivity index (χ1) is 9.99. The Morgan fingerprint density at radius 3 is 2.67 bits per heavy atom. The molecule has 0 saturated carbocycles. The van der Waals surface area contributed by atoms with Crippen molar-refractivity contribution in [2.24, 2.45) is 0 Å². The minimum Gasteiger partial charge on any atom is -0.497 e. The van der Waals surface area contributed by atoms with E-state index >= 15 is 0 Å². The molecule has 2 aromatic rings. The molecule has 0 bridgehead atoms. The lowest BCUT2D eigenvalue weighted by molar-refractivity contribution is 0.234. The van der Waals surface area contributed by atoms with Crippen molar-refractivity contribution in [2.75, 3.05) is 18.2 Å². The summed E-state index contributed by atoms with van der Waals surface area (Å²) in [6, 6.07) is 7.73. The van der Waals surface area contributed by atoms with Gasteiger partial charge in [-0.15, -0.1) is 0 Å². The minimum atomic E-state index is -0.402. The van der Waals surface area contributed by atoms with Crippen LogP contribution in [0, 0.1) is 5.82 Å². The number of anilines is 3. The summed E-state index contributed by atoms with van der Waals surface area (Å²) in [4.78, 5) is 4.24. The Morgan fingerprint density at radius 2 is 2.00 bits per heavy atom. The summed E-state index contributed by atoms with van der Waals surface area (Å²) in [6.07, 6.45) is -0.0522. The monoisotopic (exact) mass is 291 g/mol. The van der Waals surface area contributed by atoms with Gasteiger partial charge in [0.1, 0.15) is 17.4 Å². The molecule has 0 atom stereocenters. The van der Waals surface area contributed by atoms with Crippen molar-refractivity contribution < 1.29 is 13.9 Å². The van der Waals surface area contributed by atoms with E-state index in [-0.39, 0.29) is 11.8 Å². The average molecular weight is 291 g/mol. The molecule has 1 aromatic carbocycles. The van der Waals surface area contributed by atoms with Crippen LogP contribution < -0.4 is 20.5 Å². The molecule has 2 rings (SSSR count). The van der Waals surface area contributed by atoms with Crippen LogP contribution in [0.15, 0.2) is 30.3 Å². The molecule has 21 heavy (non-hydrogen) atoms. The summed E-state index contributed by atoms with van der Waals surface area (Å²) in [5, 5.41) is 2.89. The molecule has 0 amide bonds. The summed E-state index contributed by atoms with van der Waals surface area (Å²) < 4.78 is 24.4. The highest BCUT2D eigenvalue weighted by molar-refractivity contribution is 5.62. The molecule has 0 radical (unpaired) electrons. The van der Waals surface area contributed by atoms with E-state index in [2.05, 4.69) is 10.3 Å². The predicted molar refractivity (Wildman–Crippen MR) is 80.6 cm³/mol. The minimum absolute atomic E-state index is 0.0522. The van der Waals surface area contributed by atoms with Gasteiger partial charge in [0.15, 0.2) is 0 Å². The van der Waals surface area contributed by atoms with Crippen molar-refractivity contribution in [3.8, 4) is 11.6 Å². The molecule has 0 aliphatic carbocycles. The molecule has 0 spiro atoms. The van der Waals surface area contributed by atoms with E-state index in [9.17, 15) is 4.39 Å². The van der Waals surface area contributed by atoms with Crippen molar-refractivity contribution in [2.45, 2.75) is 20.0 Å². The molecule has 0 saturated heterocycles. The smallest absolute Gasteiger partial charge is 0.239 e. The van der Waals surface area contributed by atoms with E-state index in [1.54, 1.807) is 24.3 Å². The predicted octanol–water partition coefficient (Wildman–Crippen LogP) is 3.34. The first kappa shape index (κ1) is 14.9. The molecular weight excluding hydrogens is 273 g/mol. The third-order valence-corrected chi connectivity index (χ3v) is 2.67. The van der Waals surface area contributed by atoms with Gasteiger partial charge in [0.2, 0.25) is 5.88 Å². The second-order valence-corrected chi connectivity index (χ2v) is 4.73. The number of halogens is 1. The normalized spacial score (nSPS) is 10.5. The summed E-state index contributed by atoms with van der Waals surface area (Å²) in [7, 11) is 1.52. The van der Waals surface area contributed by atoms with Gasteiger partial charge in [0.25, 0.3) is 0 Å². The zero-order chi connectivity index (χ0) is 15.4. The van der Waals surface area contributed by atoms with E-state index in [0.29, 0.717) is 23.1 Å². The first-order valence-electron chi connectivity index (χ1n) is 6.53. The van der Waals surface area contributed by atoms with Gasteiger partial charge >= 0.3 is 0 Å². The lowest BCUT2D eigenvalue weighted by Gasteiger charge is -2.13. The highest BCUT2D eigenvalue weighted by atomic mass is 19.1. The standard InChI is InChI=1S/C15H18FN3O2/c1-9(2)21-15-12(17)6-7-14(19-15)18-13-8-10(20-3)4-5-11(13)16/h4-9H,17H2,1-3H3,(H,18,19). The molecule has 0 aliphatic heterocycles. The van der Waals surface area contributed by atoms with E-state index in [1.165, 1.54) is 13.2 Å². The maximum Gasteiger partial charge on any atom is 0.239 e. The number of methoxy groups -OCH3 is 1. The van der Waals surface area contributed by atoms with Crippen molar-refractivity contribution in [1.82, 2.24) is 4.98 Å². The van der Waals surface area contributed by atoms with Crippen molar-refractivity contribution in [3.05, 3.63) is 36.1 Å². The topological polar surface area (TPSA) is 69.4 Å². The first-order valence-corrected chi connectivity index (χ1v) is 6.53. The lowest BCUT2D eigenvalue weighted by Crippen LogP contribution is -2.09. The van der Waals surface area contributed by atoms with Crippen molar-refractivity contribution >= 4 is 17.2 Å². The van der Waals surface area contributed by atoms with Crippen LogP contribution in [-0.4, -0.2) is 18.2 Å². The Kier molecular flexibility index (Phi) is 4.47.